The largest absolute Gasteiger partial charge is 0.472 e. The Labute approximate surface area is 121 Å². The molecule has 1 atom stereocenters. The van der Waals surface area contributed by atoms with Gasteiger partial charge >= 0.3 is 0 Å². The maximum atomic E-state index is 5.95. The van der Waals surface area contributed by atoms with Crippen molar-refractivity contribution < 1.29 is 4.42 Å². The van der Waals surface area contributed by atoms with Crippen LogP contribution < -0.4 is 11.3 Å². The number of nitrogens with zero attached hydrogens (tertiary/aromatic N) is 1. The molecule has 1 aliphatic heterocycles. The van der Waals surface area contributed by atoms with E-state index >= 15 is 0 Å². The molecule has 0 aromatic carbocycles. The van der Waals surface area contributed by atoms with Gasteiger partial charge in [-0.3, -0.25) is 16.2 Å². The second-order valence-electron chi connectivity index (χ2n) is 6.41. The van der Waals surface area contributed by atoms with E-state index in [9.17, 15) is 0 Å². The fraction of sp³-hybridized carbons (Fsp3) is 0.750. The molecule has 1 aromatic rings. The lowest BCUT2D eigenvalue weighted by Gasteiger charge is -2.48. The average molecular weight is 277 g/mol. The Hall–Kier alpha value is -0.840. The number of hydrogen-bond donors (Lipinski definition) is 2. The number of hydrazine groups is 1. The van der Waals surface area contributed by atoms with Crippen LogP contribution in [0.2, 0.25) is 0 Å². The van der Waals surface area contributed by atoms with Crippen LogP contribution in [0.25, 0.3) is 0 Å². The van der Waals surface area contributed by atoms with E-state index in [0.29, 0.717) is 6.04 Å². The molecule has 1 unspecified atom stereocenters. The molecule has 0 spiro atoms. The van der Waals surface area contributed by atoms with E-state index < -0.39 is 0 Å². The Morgan fingerprint density at radius 3 is 2.55 bits per heavy atom. The second-order valence-corrected chi connectivity index (χ2v) is 6.41. The van der Waals surface area contributed by atoms with Gasteiger partial charge in [0, 0.05) is 11.6 Å². The molecular weight excluding hydrogens is 250 g/mol. The predicted molar refractivity (Wildman–Crippen MR) is 80.1 cm³/mol. The molecule has 4 heteroatoms. The fourth-order valence-corrected chi connectivity index (χ4v) is 4.26. The summed E-state index contributed by atoms with van der Waals surface area (Å²) in [6.45, 7) is 2.48. The van der Waals surface area contributed by atoms with Crippen LogP contribution >= 0.6 is 0 Å². The van der Waals surface area contributed by atoms with Gasteiger partial charge in [-0.1, -0.05) is 19.3 Å². The summed E-state index contributed by atoms with van der Waals surface area (Å²) in [6, 6.07) is 2.38. The van der Waals surface area contributed by atoms with E-state index in [1.807, 2.05) is 6.26 Å². The minimum Gasteiger partial charge on any atom is -0.472 e. The van der Waals surface area contributed by atoms with Gasteiger partial charge in [-0.05, 0) is 56.8 Å². The Kier molecular flexibility index (Phi) is 4.44. The van der Waals surface area contributed by atoms with Gasteiger partial charge in [-0.15, -0.1) is 0 Å². The zero-order valence-electron chi connectivity index (χ0n) is 12.3. The molecule has 0 bridgehead atoms. The van der Waals surface area contributed by atoms with Gasteiger partial charge < -0.3 is 4.42 Å². The van der Waals surface area contributed by atoms with Crippen LogP contribution in [0.3, 0.4) is 0 Å². The molecule has 1 aliphatic carbocycles. The molecule has 20 heavy (non-hydrogen) atoms. The first-order valence-corrected chi connectivity index (χ1v) is 8.07. The summed E-state index contributed by atoms with van der Waals surface area (Å²) in [5, 5.41) is 0. The molecule has 2 aliphatic rings. The van der Waals surface area contributed by atoms with Crippen molar-refractivity contribution in [3.8, 4) is 0 Å². The van der Waals surface area contributed by atoms with E-state index in [1.54, 1.807) is 6.26 Å². The van der Waals surface area contributed by atoms with Gasteiger partial charge in [0.2, 0.25) is 0 Å². The van der Waals surface area contributed by atoms with Crippen LogP contribution in [-0.2, 0) is 6.42 Å². The third-order valence-corrected chi connectivity index (χ3v) is 5.32. The van der Waals surface area contributed by atoms with Crippen LogP contribution in [0.5, 0.6) is 0 Å². The van der Waals surface area contributed by atoms with Crippen molar-refractivity contribution in [2.24, 2.45) is 5.84 Å². The minimum absolute atomic E-state index is 0.256. The van der Waals surface area contributed by atoms with Crippen LogP contribution in [0.1, 0.15) is 50.5 Å². The first-order valence-electron chi connectivity index (χ1n) is 8.07. The molecule has 4 nitrogen and oxygen atoms in total. The molecule has 0 radical (unpaired) electrons. The maximum Gasteiger partial charge on any atom is 0.0935 e. The van der Waals surface area contributed by atoms with Crippen molar-refractivity contribution >= 4 is 0 Å². The van der Waals surface area contributed by atoms with Crippen molar-refractivity contribution in [1.29, 1.82) is 0 Å². The molecule has 2 fully saturated rings. The predicted octanol–water partition coefficient (Wildman–Crippen LogP) is 2.45. The summed E-state index contributed by atoms with van der Waals surface area (Å²) in [6.07, 6.45) is 13.8. The highest BCUT2D eigenvalue weighted by Crippen LogP contribution is 2.40. The number of furan rings is 1. The quantitative estimate of drug-likeness (QED) is 0.641. The maximum absolute atomic E-state index is 5.95. The van der Waals surface area contributed by atoms with Gasteiger partial charge in [0.1, 0.15) is 0 Å². The SMILES string of the molecule is NNC(Cc1ccoc1)C1(N2CCCCC2)CCCC1. The van der Waals surface area contributed by atoms with Gasteiger partial charge in [0.25, 0.3) is 0 Å². The average Bonchev–Trinajstić information content (AvgIpc) is 3.18. The zero-order chi connectivity index (χ0) is 13.8. The molecule has 3 rings (SSSR count). The Bertz CT molecular complexity index is 392. The first-order chi connectivity index (χ1) is 9.85. The van der Waals surface area contributed by atoms with Crippen molar-refractivity contribution in [2.75, 3.05) is 13.1 Å². The van der Waals surface area contributed by atoms with Gasteiger partial charge in [-0.2, -0.15) is 0 Å². The number of piperidine rings is 1. The van der Waals surface area contributed by atoms with Crippen molar-refractivity contribution in [3.05, 3.63) is 24.2 Å². The van der Waals surface area contributed by atoms with Crippen molar-refractivity contribution in [1.82, 2.24) is 10.3 Å². The van der Waals surface area contributed by atoms with E-state index in [2.05, 4.69) is 16.4 Å². The molecule has 112 valence electrons. The number of rotatable bonds is 5. The lowest BCUT2D eigenvalue weighted by atomic mass is 9.82. The molecule has 0 amide bonds. The van der Waals surface area contributed by atoms with Gasteiger partial charge in [0.15, 0.2) is 0 Å². The van der Waals surface area contributed by atoms with Crippen LogP contribution in [0.15, 0.2) is 23.0 Å². The minimum atomic E-state index is 0.256. The first kappa shape index (κ1) is 14.1. The van der Waals surface area contributed by atoms with Crippen molar-refractivity contribution in [3.63, 3.8) is 0 Å². The highest BCUT2D eigenvalue weighted by molar-refractivity contribution is 5.13. The summed E-state index contributed by atoms with van der Waals surface area (Å²) in [4.78, 5) is 2.73. The Morgan fingerprint density at radius 2 is 1.95 bits per heavy atom. The summed E-state index contributed by atoms with van der Waals surface area (Å²) < 4.78 is 5.22. The van der Waals surface area contributed by atoms with E-state index in [-0.39, 0.29) is 5.54 Å². The lowest BCUT2D eigenvalue weighted by molar-refractivity contribution is 0.0366. The highest BCUT2D eigenvalue weighted by Gasteiger charge is 2.45. The van der Waals surface area contributed by atoms with Gasteiger partial charge in [0.05, 0.1) is 12.5 Å². The van der Waals surface area contributed by atoms with E-state index in [1.165, 1.54) is 63.6 Å². The Morgan fingerprint density at radius 1 is 1.20 bits per heavy atom. The normalized spacial score (nSPS) is 24.9. The number of nitrogens with one attached hydrogen (secondary N) is 1. The summed E-state index contributed by atoms with van der Waals surface area (Å²) in [5.74, 6) is 5.95. The molecule has 1 saturated heterocycles. The highest BCUT2D eigenvalue weighted by atomic mass is 16.3. The number of nitrogens with two attached hydrogens (primary N) is 1. The fourth-order valence-electron chi connectivity index (χ4n) is 4.26. The number of likely N-dealkylation sites (tertiary alicyclic amines) is 1. The van der Waals surface area contributed by atoms with Crippen LogP contribution in [-0.4, -0.2) is 29.6 Å². The summed E-state index contributed by atoms with van der Waals surface area (Å²) in [7, 11) is 0. The number of hydrogen-bond acceptors (Lipinski definition) is 4. The molecular formula is C16H27N3O. The third kappa shape index (κ3) is 2.65. The van der Waals surface area contributed by atoms with Crippen molar-refractivity contribution in [2.45, 2.75) is 62.9 Å². The monoisotopic (exact) mass is 277 g/mol. The summed E-state index contributed by atoms with van der Waals surface area (Å²) >= 11 is 0. The lowest BCUT2D eigenvalue weighted by Crippen LogP contribution is -2.63. The Balaban J connectivity index is 1.79. The smallest absolute Gasteiger partial charge is 0.0935 e. The van der Waals surface area contributed by atoms with Crippen LogP contribution in [0, 0.1) is 0 Å². The molecule has 3 N–H and O–H groups in total. The summed E-state index contributed by atoms with van der Waals surface area (Å²) in [5.41, 5.74) is 4.64. The molecule has 1 saturated carbocycles. The third-order valence-electron chi connectivity index (χ3n) is 5.32. The second kappa shape index (κ2) is 6.29. The zero-order valence-corrected chi connectivity index (χ0v) is 12.3. The topological polar surface area (TPSA) is 54.4 Å². The van der Waals surface area contributed by atoms with Gasteiger partial charge in [-0.25, -0.2) is 0 Å². The standard InChI is InChI=1S/C16H27N3O/c17-18-15(12-14-6-11-20-13-14)16(7-2-3-8-16)19-9-4-1-5-10-19/h6,11,13,15,18H,1-5,7-10,12,17H2. The van der Waals surface area contributed by atoms with E-state index in [0.717, 1.165) is 6.42 Å². The molecule has 1 aromatic heterocycles. The molecule has 2 heterocycles. The van der Waals surface area contributed by atoms with E-state index in [4.69, 9.17) is 10.3 Å². The van der Waals surface area contributed by atoms with Crippen LogP contribution in [0.4, 0.5) is 0 Å².